The SMILES string of the molecule is CN(C)c1ccccc1NC(=O)NC(C)(Cc1c[nH]c2ccccc12)C(=O)NCC1CCCCC1. The van der Waals surface area contributed by atoms with Crippen molar-refractivity contribution in [2.45, 2.75) is 51.0 Å². The van der Waals surface area contributed by atoms with Gasteiger partial charge in [0.25, 0.3) is 0 Å². The Kier molecular flexibility index (Phi) is 7.63. The molecular formula is C28H37N5O2. The summed E-state index contributed by atoms with van der Waals surface area (Å²) in [5.74, 6) is 0.343. The molecule has 0 bridgehead atoms. The molecule has 4 rings (SSSR count). The van der Waals surface area contributed by atoms with Crippen molar-refractivity contribution >= 4 is 34.2 Å². The molecule has 1 aromatic heterocycles. The Balaban J connectivity index is 1.54. The maximum absolute atomic E-state index is 13.6. The second-order valence-corrected chi connectivity index (χ2v) is 10.1. The van der Waals surface area contributed by atoms with E-state index in [1.807, 2.05) is 80.6 Å². The minimum atomic E-state index is -1.13. The number of rotatable bonds is 8. The molecular weight excluding hydrogens is 438 g/mol. The first-order valence-corrected chi connectivity index (χ1v) is 12.5. The third-order valence-electron chi connectivity index (χ3n) is 7.02. The van der Waals surface area contributed by atoms with Gasteiger partial charge in [-0.15, -0.1) is 0 Å². The van der Waals surface area contributed by atoms with Crippen LogP contribution in [0.5, 0.6) is 0 Å². The van der Waals surface area contributed by atoms with Crippen LogP contribution in [0.3, 0.4) is 0 Å². The molecule has 4 N–H and O–H groups in total. The number of urea groups is 1. The fourth-order valence-corrected chi connectivity index (χ4v) is 5.04. The van der Waals surface area contributed by atoms with Crippen molar-refractivity contribution < 1.29 is 9.59 Å². The number of benzene rings is 2. The van der Waals surface area contributed by atoms with Gasteiger partial charge in [-0.25, -0.2) is 4.79 Å². The third-order valence-corrected chi connectivity index (χ3v) is 7.02. The van der Waals surface area contributed by atoms with Crippen molar-refractivity contribution in [1.29, 1.82) is 0 Å². The van der Waals surface area contributed by atoms with Gasteiger partial charge in [0.1, 0.15) is 5.54 Å². The van der Waals surface area contributed by atoms with Crippen LogP contribution >= 0.6 is 0 Å². The van der Waals surface area contributed by atoms with Crippen LogP contribution in [-0.4, -0.2) is 43.1 Å². The van der Waals surface area contributed by atoms with Gasteiger partial charge in [0, 0.05) is 44.2 Å². The van der Waals surface area contributed by atoms with Crippen LogP contribution in [0.2, 0.25) is 0 Å². The molecule has 1 fully saturated rings. The molecule has 1 heterocycles. The summed E-state index contributed by atoms with van der Waals surface area (Å²) in [5, 5.41) is 10.2. The second kappa shape index (κ2) is 10.8. The zero-order valence-electron chi connectivity index (χ0n) is 21.0. The number of carbonyl (C=O) groups is 2. The van der Waals surface area contributed by atoms with E-state index in [0.29, 0.717) is 24.6 Å². The standard InChI is InChI=1S/C28H37N5O2/c1-28(26(34)30-18-20-11-5-4-6-12-20,17-21-19-29-23-14-8-7-13-22(21)23)32-27(35)31-24-15-9-10-16-25(24)33(2)3/h7-10,13-16,19-20,29H,4-6,11-12,17-18H2,1-3H3,(H,30,34)(H2,31,32,35). The lowest BCUT2D eigenvalue weighted by Crippen LogP contribution is -2.59. The summed E-state index contributed by atoms with van der Waals surface area (Å²) in [6.07, 6.45) is 8.31. The highest BCUT2D eigenvalue weighted by Crippen LogP contribution is 2.26. The molecule has 3 amide bonds. The Morgan fingerprint density at radius 3 is 2.51 bits per heavy atom. The molecule has 1 saturated carbocycles. The summed E-state index contributed by atoms with van der Waals surface area (Å²) in [5.41, 5.74) is 2.45. The Morgan fingerprint density at radius 2 is 1.74 bits per heavy atom. The average molecular weight is 476 g/mol. The van der Waals surface area contributed by atoms with Crippen molar-refractivity contribution in [2.75, 3.05) is 30.9 Å². The van der Waals surface area contributed by atoms with Crippen molar-refractivity contribution in [3.05, 3.63) is 60.3 Å². The Labute approximate surface area is 207 Å². The number of nitrogens with zero attached hydrogens (tertiary/aromatic N) is 1. The monoisotopic (exact) mass is 475 g/mol. The van der Waals surface area contributed by atoms with E-state index in [-0.39, 0.29) is 5.91 Å². The van der Waals surface area contributed by atoms with E-state index < -0.39 is 11.6 Å². The van der Waals surface area contributed by atoms with E-state index in [2.05, 4.69) is 20.9 Å². The first-order chi connectivity index (χ1) is 16.9. The van der Waals surface area contributed by atoms with Gasteiger partial charge in [0.15, 0.2) is 0 Å². The Bertz CT molecular complexity index is 1160. The molecule has 1 atom stereocenters. The molecule has 7 heteroatoms. The molecule has 35 heavy (non-hydrogen) atoms. The molecule has 0 saturated heterocycles. The summed E-state index contributed by atoms with van der Waals surface area (Å²) in [4.78, 5) is 32.0. The molecule has 1 unspecified atom stereocenters. The van der Waals surface area contributed by atoms with Crippen LogP contribution in [0.25, 0.3) is 10.9 Å². The maximum atomic E-state index is 13.6. The number of hydrogen-bond acceptors (Lipinski definition) is 3. The summed E-state index contributed by atoms with van der Waals surface area (Å²) in [6, 6.07) is 15.2. The number of aromatic nitrogens is 1. The van der Waals surface area contributed by atoms with Gasteiger partial charge in [0.2, 0.25) is 5.91 Å². The van der Waals surface area contributed by atoms with Crippen LogP contribution in [0.1, 0.15) is 44.6 Å². The van der Waals surface area contributed by atoms with Gasteiger partial charge in [-0.05, 0) is 49.4 Å². The first-order valence-electron chi connectivity index (χ1n) is 12.5. The summed E-state index contributed by atoms with van der Waals surface area (Å²) in [6.45, 7) is 2.46. The number of fused-ring (bicyclic) bond motifs is 1. The number of nitrogens with one attached hydrogen (secondary N) is 4. The highest BCUT2D eigenvalue weighted by Gasteiger charge is 2.36. The largest absolute Gasteiger partial charge is 0.376 e. The fourth-order valence-electron chi connectivity index (χ4n) is 5.04. The molecule has 0 radical (unpaired) electrons. The molecule has 186 valence electrons. The van der Waals surface area contributed by atoms with E-state index in [4.69, 9.17) is 0 Å². The topological polar surface area (TPSA) is 89.3 Å². The number of H-pyrrole nitrogens is 1. The third kappa shape index (κ3) is 5.96. The Hall–Kier alpha value is -3.48. The van der Waals surface area contributed by atoms with Crippen molar-refractivity contribution in [2.24, 2.45) is 5.92 Å². The maximum Gasteiger partial charge on any atom is 0.320 e. The quantitative estimate of drug-likeness (QED) is 0.367. The van der Waals surface area contributed by atoms with E-state index in [1.54, 1.807) is 0 Å². The predicted octanol–water partition coefficient (Wildman–Crippen LogP) is 5.05. The van der Waals surface area contributed by atoms with Crippen LogP contribution in [-0.2, 0) is 11.2 Å². The van der Waals surface area contributed by atoms with Gasteiger partial charge >= 0.3 is 6.03 Å². The predicted molar refractivity (Wildman–Crippen MR) is 143 cm³/mol. The minimum absolute atomic E-state index is 0.163. The van der Waals surface area contributed by atoms with Crippen LogP contribution in [0, 0.1) is 5.92 Å². The van der Waals surface area contributed by atoms with E-state index in [0.717, 1.165) is 35.0 Å². The van der Waals surface area contributed by atoms with E-state index in [9.17, 15) is 9.59 Å². The van der Waals surface area contributed by atoms with Gasteiger partial charge in [-0.3, -0.25) is 4.79 Å². The number of para-hydroxylation sites is 3. The van der Waals surface area contributed by atoms with Crippen LogP contribution in [0.15, 0.2) is 54.7 Å². The molecule has 0 aliphatic heterocycles. The molecule has 2 aromatic carbocycles. The lowest BCUT2D eigenvalue weighted by molar-refractivity contribution is -0.126. The normalized spacial score (nSPS) is 15.9. The van der Waals surface area contributed by atoms with Gasteiger partial charge < -0.3 is 25.8 Å². The van der Waals surface area contributed by atoms with Gasteiger partial charge in [0.05, 0.1) is 11.4 Å². The zero-order valence-corrected chi connectivity index (χ0v) is 21.0. The molecule has 1 aliphatic carbocycles. The zero-order chi connectivity index (χ0) is 24.8. The fraction of sp³-hybridized carbons (Fsp3) is 0.429. The van der Waals surface area contributed by atoms with Crippen LogP contribution < -0.4 is 20.9 Å². The highest BCUT2D eigenvalue weighted by molar-refractivity contribution is 5.98. The molecule has 0 spiro atoms. The number of hydrogen-bond donors (Lipinski definition) is 4. The van der Waals surface area contributed by atoms with Crippen molar-refractivity contribution in [3.63, 3.8) is 0 Å². The highest BCUT2D eigenvalue weighted by atomic mass is 16.2. The number of anilines is 2. The lowest BCUT2D eigenvalue weighted by Gasteiger charge is -2.31. The molecule has 1 aliphatic rings. The second-order valence-electron chi connectivity index (χ2n) is 10.1. The molecule has 7 nitrogen and oxygen atoms in total. The van der Waals surface area contributed by atoms with Crippen LogP contribution in [0.4, 0.5) is 16.2 Å². The summed E-state index contributed by atoms with van der Waals surface area (Å²) >= 11 is 0. The Morgan fingerprint density at radius 1 is 1.03 bits per heavy atom. The lowest BCUT2D eigenvalue weighted by atomic mass is 9.88. The summed E-state index contributed by atoms with van der Waals surface area (Å²) < 4.78 is 0. The average Bonchev–Trinajstić information content (AvgIpc) is 3.25. The number of amides is 3. The van der Waals surface area contributed by atoms with Gasteiger partial charge in [-0.2, -0.15) is 0 Å². The van der Waals surface area contributed by atoms with Crippen molar-refractivity contribution in [3.8, 4) is 0 Å². The minimum Gasteiger partial charge on any atom is -0.376 e. The van der Waals surface area contributed by atoms with Crippen molar-refractivity contribution in [1.82, 2.24) is 15.6 Å². The smallest absolute Gasteiger partial charge is 0.320 e. The number of carbonyl (C=O) groups excluding carboxylic acids is 2. The summed E-state index contributed by atoms with van der Waals surface area (Å²) in [7, 11) is 3.86. The van der Waals surface area contributed by atoms with E-state index >= 15 is 0 Å². The first kappa shape index (κ1) is 24.6. The van der Waals surface area contributed by atoms with Gasteiger partial charge in [-0.1, -0.05) is 49.6 Å². The molecule has 3 aromatic rings. The number of aromatic amines is 1. The van der Waals surface area contributed by atoms with E-state index in [1.165, 1.54) is 19.3 Å².